The van der Waals surface area contributed by atoms with Gasteiger partial charge < -0.3 is 15.4 Å². The van der Waals surface area contributed by atoms with Crippen molar-refractivity contribution in [3.8, 4) is 0 Å². The largest absolute Gasteiger partial charge is 0.480 e. The summed E-state index contributed by atoms with van der Waals surface area (Å²) in [6.07, 6.45) is 3.13. The monoisotopic (exact) mass is 254 g/mol. The molecular weight excluding hydrogens is 236 g/mol. The van der Waals surface area contributed by atoms with E-state index < -0.39 is 23.2 Å². The number of nitrogens with zero attached hydrogens (tertiary/aromatic N) is 1. The summed E-state index contributed by atoms with van der Waals surface area (Å²) in [6.45, 7) is 3.74. The molecule has 1 aromatic rings. The molecule has 0 radical (unpaired) electrons. The number of ketones is 1. The summed E-state index contributed by atoms with van der Waals surface area (Å²) in [4.78, 5) is 23.6. The highest BCUT2D eigenvalue weighted by Gasteiger charge is 2.49. The van der Waals surface area contributed by atoms with E-state index in [1.54, 1.807) is 0 Å². The summed E-state index contributed by atoms with van der Waals surface area (Å²) in [5, 5.41) is 12.7. The second-order valence-corrected chi connectivity index (χ2v) is 4.27. The molecule has 3 N–H and O–H groups in total. The van der Waals surface area contributed by atoms with Crippen LogP contribution < -0.4 is 5.73 Å². The number of aromatic nitrogens is 1. The number of carboxylic acids is 1. The number of carbonyl (C=O) groups is 2. The van der Waals surface area contributed by atoms with Crippen molar-refractivity contribution in [1.29, 1.82) is 0 Å². The van der Waals surface area contributed by atoms with Gasteiger partial charge in [0.15, 0.2) is 5.54 Å². The van der Waals surface area contributed by atoms with Crippen LogP contribution in [-0.2, 0) is 4.79 Å². The third-order valence-corrected chi connectivity index (χ3v) is 3.17. The van der Waals surface area contributed by atoms with Crippen LogP contribution in [0.2, 0.25) is 0 Å². The van der Waals surface area contributed by atoms with E-state index in [0.717, 1.165) is 6.42 Å². The molecule has 100 valence electrons. The van der Waals surface area contributed by atoms with Gasteiger partial charge in [0.1, 0.15) is 0 Å². The van der Waals surface area contributed by atoms with E-state index in [0.29, 0.717) is 12.8 Å². The van der Waals surface area contributed by atoms with E-state index in [4.69, 9.17) is 10.3 Å². The van der Waals surface area contributed by atoms with Gasteiger partial charge in [-0.05, 0) is 12.3 Å². The lowest BCUT2D eigenvalue weighted by Gasteiger charge is -2.30. The molecule has 2 unspecified atom stereocenters. The van der Waals surface area contributed by atoms with Gasteiger partial charge in [0, 0.05) is 6.07 Å². The summed E-state index contributed by atoms with van der Waals surface area (Å²) in [6, 6.07) is 1.32. The first-order valence-electron chi connectivity index (χ1n) is 5.96. The molecular formula is C12H18N2O4. The zero-order valence-electron chi connectivity index (χ0n) is 10.5. The highest BCUT2D eigenvalue weighted by Crippen LogP contribution is 2.27. The molecule has 6 heteroatoms. The van der Waals surface area contributed by atoms with Crippen molar-refractivity contribution >= 4 is 11.8 Å². The Labute approximate surface area is 105 Å². The molecule has 0 aliphatic rings. The van der Waals surface area contributed by atoms with Crippen LogP contribution in [0.3, 0.4) is 0 Å². The average Bonchev–Trinajstić information content (AvgIpc) is 2.87. The number of Topliss-reactive ketones (excluding diaryl/α,β-unsaturated/α-hetero) is 1. The molecule has 0 aliphatic heterocycles. The van der Waals surface area contributed by atoms with E-state index in [1.807, 2.05) is 13.8 Å². The minimum Gasteiger partial charge on any atom is -0.480 e. The third kappa shape index (κ3) is 2.43. The number of hydrogen-bond donors (Lipinski definition) is 2. The van der Waals surface area contributed by atoms with Gasteiger partial charge in [-0.3, -0.25) is 4.79 Å². The first-order valence-corrected chi connectivity index (χ1v) is 5.96. The minimum absolute atomic E-state index is 0.116. The maximum Gasteiger partial charge on any atom is 0.332 e. The van der Waals surface area contributed by atoms with Crippen LogP contribution >= 0.6 is 0 Å². The number of carbonyl (C=O) groups excluding carboxylic acids is 1. The fourth-order valence-corrected chi connectivity index (χ4v) is 2.10. The van der Waals surface area contributed by atoms with Crippen LogP contribution in [0.4, 0.5) is 0 Å². The van der Waals surface area contributed by atoms with Crippen LogP contribution in [0.15, 0.2) is 16.8 Å². The predicted octanol–water partition coefficient (Wildman–Crippen LogP) is 1.47. The lowest BCUT2D eigenvalue weighted by atomic mass is 9.76. The van der Waals surface area contributed by atoms with Crippen LogP contribution in [0.25, 0.3) is 0 Å². The highest BCUT2D eigenvalue weighted by molar-refractivity contribution is 6.14. The molecule has 6 nitrogen and oxygen atoms in total. The van der Waals surface area contributed by atoms with E-state index in [2.05, 4.69) is 5.16 Å². The normalized spacial score (nSPS) is 15.9. The number of hydrogen-bond acceptors (Lipinski definition) is 5. The van der Waals surface area contributed by atoms with Gasteiger partial charge in [-0.25, -0.2) is 4.79 Å². The number of nitrogens with two attached hydrogens (primary N) is 1. The molecule has 18 heavy (non-hydrogen) atoms. The van der Waals surface area contributed by atoms with Crippen molar-refractivity contribution in [3.05, 3.63) is 18.0 Å². The van der Waals surface area contributed by atoms with E-state index >= 15 is 0 Å². The zero-order valence-corrected chi connectivity index (χ0v) is 10.5. The topological polar surface area (TPSA) is 106 Å². The maximum absolute atomic E-state index is 12.2. The van der Waals surface area contributed by atoms with E-state index in [9.17, 15) is 14.7 Å². The van der Waals surface area contributed by atoms with Crippen molar-refractivity contribution < 1.29 is 19.2 Å². The fraction of sp³-hybridized carbons (Fsp3) is 0.583. The van der Waals surface area contributed by atoms with Gasteiger partial charge in [0.2, 0.25) is 11.5 Å². The molecule has 0 fully saturated rings. The third-order valence-electron chi connectivity index (χ3n) is 3.17. The lowest BCUT2D eigenvalue weighted by Crippen LogP contribution is -2.60. The fourth-order valence-electron chi connectivity index (χ4n) is 2.10. The average molecular weight is 254 g/mol. The zero-order chi connectivity index (χ0) is 13.8. The Balaban J connectivity index is 3.14. The van der Waals surface area contributed by atoms with Gasteiger partial charge in [-0.1, -0.05) is 31.8 Å². The Morgan fingerprint density at radius 1 is 1.56 bits per heavy atom. The quantitative estimate of drug-likeness (QED) is 0.563. The van der Waals surface area contributed by atoms with Gasteiger partial charge in [0.05, 0.1) is 6.20 Å². The number of rotatable bonds is 7. The maximum atomic E-state index is 12.2. The SMILES string of the molecule is CCCC(CC)C(N)(C(=O)O)C(=O)c1ccno1. The Bertz CT molecular complexity index is 416. The van der Waals surface area contributed by atoms with Crippen molar-refractivity contribution in [2.24, 2.45) is 11.7 Å². The van der Waals surface area contributed by atoms with Crippen LogP contribution in [0.5, 0.6) is 0 Å². The molecule has 0 aromatic carbocycles. The van der Waals surface area contributed by atoms with Gasteiger partial charge >= 0.3 is 5.97 Å². The van der Waals surface area contributed by atoms with Crippen LogP contribution in [-0.4, -0.2) is 27.6 Å². The van der Waals surface area contributed by atoms with Crippen molar-refractivity contribution in [2.75, 3.05) is 0 Å². The number of aliphatic carboxylic acids is 1. The molecule has 2 atom stereocenters. The molecule has 0 spiro atoms. The molecule has 0 bridgehead atoms. The predicted molar refractivity (Wildman–Crippen MR) is 64.1 cm³/mol. The molecule has 0 saturated carbocycles. The first kappa shape index (κ1) is 14.4. The van der Waals surface area contributed by atoms with E-state index in [-0.39, 0.29) is 5.76 Å². The van der Waals surface area contributed by atoms with Crippen LogP contribution in [0, 0.1) is 5.92 Å². The molecule has 1 heterocycles. The highest BCUT2D eigenvalue weighted by atomic mass is 16.5. The summed E-state index contributed by atoms with van der Waals surface area (Å²) in [7, 11) is 0. The lowest BCUT2D eigenvalue weighted by molar-refractivity contribution is -0.143. The second kappa shape index (κ2) is 5.77. The molecule has 0 aliphatic carbocycles. The first-order chi connectivity index (χ1) is 8.48. The van der Waals surface area contributed by atoms with Crippen molar-refractivity contribution in [3.63, 3.8) is 0 Å². The molecule has 0 amide bonds. The Kier molecular flexibility index (Phi) is 4.61. The summed E-state index contributed by atoms with van der Waals surface area (Å²) in [5.74, 6) is -2.61. The van der Waals surface area contributed by atoms with Crippen molar-refractivity contribution in [1.82, 2.24) is 5.16 Å². The number of carboxylic acid groups (broad SMARTS) is 1. The minimum atomic E-state index is -1.95. The molecule has 0 saturated heterocycles. The van der Waals surface area contributed by atoms with E-state index in [1.165, 1.54) is 12.3 Å². The summed E-state index contributed by atoms with van der Waals surface area (Å²) >= 11 is 0. The van der Waals surface area contributed by atoms with Gasteiger partial charge in [-0.15, -0.1) is 0 Å². The Morgan fingerprint density at radius 2 is 2.22 bits per heavy atom. The smallest absolute Gasteiger partial charge is 0.332 e. The molecule has 1 rings (SSSR count). The Hall–Kier alpha value is -1.69. The molecule has 1 aromatic heterocycles. The summed E-state index contributed by atoms with van der Waals surface area (Å²) < 4.78 is 4.72. The van der Waals surface area contributed by atoms with Crippen LogP contribution in [0.1, 0.15) is 43.7 Å². The second-order valence-electron chi connectivity index (χ2n) is 4.27. The van der Waals surface area contributed by atoms with Crippen molar-refractivity contribution in [2.45, 2.75) is 38.6 Å². The standard InChI is InChI=1S/C12H18N2O4/c1-3-5-8(4-2)12(13,11(16)17)10(15)9-6-7-14-18-9/h6-8H,3-5,13H2,1-2H3,(H,16,17). The van der Waals surface area contributed by atoms with Gasteiger partial charge in [-0.2, -0.15) is 0 Å². The summed E-state index contributed by atoms with van der Waals surface area (Å²) in [5.41, 5.74) is 3.93. The van der Waals surface area contributed by atoms with Gasteiger partial charge in [0.25, 0.3) is 0 Å². The Morgan fingerprint density at radius 3 is 2.61 bits per heavy atom.